The Labute approximate surface area is 208 Å². The summed E-state index contributed by atoms with van der Waals surface area (Å²) in [6, 6.07) is 15.4. The lowest BCUT2D eigenvalue weighted by Crippen LogP contribution is -2.23. The zero-order valence-corrected chi connectivity index (χ0v) is 21.3. The molecule has 186 valence electrons. The van der Waals surface area contributed by atoms with Gasteiger partial charge >= 0.3 is 0 Å². The highest BCUT2D eigenvalue weighted by Crippen LogP contribution is 2.34. The van der Waals surface area contributed by atoms with Crippen LogP contribution >= 0.6 is 0 Å². The molecule has 0 saturated heterocycles. The number of nitrogens with zero attached hydrogens (tertiary/aromatic N) is 1. The van der Waals surface area contributed by atoms with E-state index < -0.39 is 0 Å². The molecule has 2 aromatic carbocycles. The molecule has 0 aliphatic rings. The molecular weight excluding hydrogens is 438 g/mol. The van der Waals surface area contributed by atoms with Crippen LogP contribution in [0.2, 0.25) is 0 Å². The van der Waals surface area contributed by atoms with Gasteiger partial charge in [-0.1, -0.05) is 60.9 Å². The SMILES string of the molecule is CCCCn1c(=O)c(OC/C=C(\C)CCC=C(C)C)c(O)c2ccc(OCc3ccccc3)cc21. The standard InChI is InChI=1S/C30H37NO4/c1-5-6-18-31-27-20-25(35-21-24-13-8-7-9-14-24)15-16-26(27)28(32)29(30(31)33)34-19-17-23(4)12-10-11-22(2)3/h7-9,11,13-17,20,32H,5-6,10,12,18-19,21H2,1-4H3/b23-17+. The Balaban J connectivity index is 1.86. The third-order valence-corrected chi connectivity index (χ3v) is 5.90. The highest BCUT2D eigenvalue weighted by atomic mass is 16.5. The number of benzene rings is 2. The van der Waals surface area contributed by atoms with Crippen LogP contribution in [0.25, 0.3) is 10.9 Å². The number of pyridine rings is 1. The van der Waals surface area contributed by atoms with Crippen LogP contribution in [0.3, 0.4) is 0 Å². The fourth-order valence-electron chi connectivity index (χ4n) is 3.85. The monoisotopic (exact) mass is 475 g/mol. The van der Waals surface area contributed by atoms with E-state index in [1.165, 1.54) is 11.1 Å². The van der Waals surface area contributed by atoms with Crippen LogP contribution in [0.5, 0.6) is 17.2 Å². The predicted octanol–water partition coefficient (Wildman–Crippen LogP) is 7.16. The number of aromatic nitrogens is 1. The van der Waals surface area contributed by atoms with E-state index in [-0.39, 0.29) is 23.7 Å². The lowest BCUT2D eigenvalue weighted by Gasteiger charge is -2.16. The van der Waals surface area contributed by atoms with E-state index in [9.17, 15) is 9.90 Å². The van der Waals surface area contributed by atoms with Gasteiger partial charge in [0, 0.05) is 18.0 Å². The Morgan fingerprint density at radius 3 is 2.51 bits per heavy atom. The number of ether oxygens (including phenoxy) is 2. The van der Waals surface area contributed by atoms with Gasteiger partial charge < -0.3 is 19.1 Å². The molecule has 0 amide bonds. The number of hydrogen-bond donors (Lipinski definition) is 1. The molecule has 0 aliphatic heterocycles. The van der Waals surface area contributed by atoms with Crippen molar-refractivity contribution in [3.8, 4) is 17.2 Å². The van der Waals surface area contributed by atoms with Gasteiger partial charge in [0.1, 0.15) is 19.0 Å². The molecule has 1 N–H and O–H groups in total. The molecule has 3 rings (SSSR count). The van der Waals surface area contributed by atoms with Gasteiger partial charge in [0.25, 0.3) is 5.56 Å². The molecule has 0 aliphatic carbocycles. The first-order valence-corrected chi connectivity index (χ1v) is 12.4. The van der Waals surface area contributed by atoms with E-state index in [4.69, 9.17) is 9.47 Å². The minimum Gasteiger partial charge on any atom is -0.504 e. The number of fused-ring (bicyclic) bond motifs is 1. The predicted molar refractivity (Wildman–Crippen MR) is 143 cm³/mol. The highest BCUT2D eigenvalue weighted by molar-refractivity contribution is 5.88. The van der Waals surface area contributed by atoms with Crippen molar-refractivity contribution in [1.82, 2.24) is 4.57 Å². The largest absolute Gasteiger partial charge is 0.504 e. The third-order valence-electron chi connectivity index (χ3n) is 5.90. The maximum absolute atomic E-state index is 13.3. The Morgan fingerprint density at radius 1 is 1.03 bits per heavy atom. The molecule has 1 aromatic heterocycles. The third kappa shape index (κ3) is 7.25. The highest BCUT2D eigenvalue weighted by Gasteiger charge is 2.18. The number of aryl methyl sites for hydroxylation is 1. The van der Waals surface area contributed by atoms with E-state index in [0.717, 1.165) is 31.2 Å². The molecule has 0 saturated carbocycles. The average molecular weight is 476 g/mol. The fourth-order valence-corrected chi connectivity index (χ4v) is 3.85. The maximum Gasteiger partial charge on any atom is 0.297 e. The summed E-state index contributed by atoms with van der Waals surface area (Å²) in [6.45, 7) is 9.53. The molecule has 0 radical (unpaired) electrons. The van der Waals surface area contributed by atoms with Crippen molar-refractivity contribution in [2.45, 2.75) is 66.5 Å². The van der Waals surface area contributed by atoms with Crippen LogP contribution in [0.15, 0.2) is 76.6 Å². The molecule has 0 atom stereocenters. The fraction of sp³-hybridized carbons (Fsp3) is 0.367. The van der Waals surface area contributed by atoms with Gasteiger partial charge in [-0.05, 0) is 63.8 Å². The lowest BCUT2D eigenvalue weighted by atomic mass is 10.1. The van der Waals surface area contributed by atoms with Crippen molar-refractivity contribution < 1.29 is 14.6 Å². The van der Waals surface area contributed by atoms with Crippen LogP contribution < -0.4 is 15.0 Å². The van der Waals surface area contributed by atoms with Crippen LogP contribution in [-0.2, 0) is 13.2 Å². The van der Waals surface area contributed by atoms with Crippen LogP contribution in [0, 0.1) is 0 Å². The molecule has 35 heavy (non-hydrogen) atoms. The lowest BCUT2D eigenvalue weighted by molar-refractivity contribution is 0.306. The number of unbranched alkanes of at least 4 members (excludes halogenated alkanes) is 1. The second kappa shape index (κ2) is 12.8. The molecule has 0 spiro atoms. The smallest absolute Gasteiger partial charge is 0.297 e. The number of rotatable bonds is 12. The quantitative estimate of drug-likeness (QED) is 0.282. The second-order valence-corrected chi connectivity index (χ2v) is 9.12. The van der Waals surface area contributed by atoms with Crippen LogP contribution in [-0.4, -0.2) is 16.3 Å². The number of aromatic hydroxyl groups is 1. The molecule has 5 heteroatoms. The van der Waals surface area contributed by atoms with Crippen LogP contribution in [0.1, 0.15) is 58.9 Å². The number of hydrogen-bond acceptors (Lipinski definition) is 4. The van der Waals surface area contributed by atoms with Crippen molar-refractivity contribution in [3.63, 3.8) is 0 Å². The average Bonchev–Trinajstić information content (AvgIpc) is 2.85. The Kier molecular flexibility index (Phi) is 9.59. The molecule has 1 heterocycles. The van der Waals surface area contributed by atoms with Crippen molar-refractivity contribution in [2.75, 3.05) is 6.61 Å². The van der Waals surface area contributed by atoms with Crippen molar-refractivity contribution in [2.24, 2.45) is 0 Å². The van der Waals surface area contributed by atoms with Gasteiger partial charge in [0.05, 0.1) is 5.52 Å². The van der Waals surface area contributed by atoms with Crippen molar-refractivity contribution >= 4 is 10.9 Å². The molecule has 5 nitrogen and oxygen atoms in total. The van der Waals surface area contributed by atoms with E-state index in [1.54, 1.807) is 10.6 Å². The van der Waals surface area contributed by atoms with Gasteiger partial charge in [-0.3, -0.25) is 4.79 Å². The molecule has 0 unspecified atom stereocenters. The van der Waals surface area contributed by atoms with E-state index >= 15 is 0 Å². The van der Waals surface area contributed by atoms with E-state index in [1.807, 2.05) is 48.5 Å². The van der Waals surface area contributed by atoms with Crippen molar-refractivity contribution in [1.29, 1.82) is 0 Å². The molecular formula is C30H37NO4. The van der Waals surface area contributed by atoms with Gasteiger partial charge in [0.2, 0.25) is 5.75 Å². The summed E-state index contributed by atoms with van der Waals surface area (Å²) in [7, 11) is 0. The topological polar surface area (TPSA) is 60.7 Å². The van der Waals surface area contributed by atoms with Gasteiger partial charge in [0.15, 0.2) is 5.75 Å². The zero-order valence-electron chi connectivity index (χ0n) is 21.3. The number of allylic oxidation sites excluding steroid dienone is 3. The minimum absolute atomic E-state index is 0.0000875. The first-order chi connectivity index (χ1) is 16.9. The minimum atomic E-state index is -0.320. The van der Waals surface area contributed by atoms with Gasteiger partial charge in [-0.25, -0.2) is 0 Å². The summed E-state index contributed by atoms with van der Waals surface area (Å²) >= 11 is 0. The van der Waals surface area contributed by atoms with E-state index in [0.29, 0.717) is 29.8 Å². The summed E-state index contributed by atoms with van der Waals surface area (Å²) in [5.74, 6) is 0.525. The first-order valence-electron chi connectivity index (χ1n) is 12.4. The summed E-state index contributed by atoms with van der Waals surface area (Å²) < 4.78 is 13.5. The molecule has 0 bridgehead atoms. The maximum atomic E-state index is 13.3. The molecule has 3 aromatic rings. The zero-order chi connectivity index (χ0) is 25.2. The summed E-state index contributed by atoms with van der Waals surface area (Å²) in [5, 5.41) is 11.5. The van der Waals surface area contributed by atoms with Gasteiger partial charge in [-0.15, -0.1) is 0 Å². The first kappa shape index (κ1) is 26.1. The normalized spacial score (nSPS) is 11.5. The summed E-state index contributed by atoms with van der Waals surface area (Å²) in [6.07, 6.45) is 7.88. The Morgan fingerprint density at radius 2 is 1.80 bits per heavy atom. The van der Waals surface area contributed by atoms with E-state index in [2.05, 4.69) is 33.8 Å². The Bertz CT molecular complexity index is 1230. The van der Waals surface area contributed by atoms with Crippen LogP contribution in [0.4, 0.5) is 0 Å². The summed E-state index contributed by atoms with van der Waals surface area (Å²) in [5.41, 5.74) is 3.88. The second-order valence-electron chi connectivity index (χ2n) is 9.12. The Hall–Kier alpha value is -3.47. The van der Waals surface area contributed by atoms with Crippen molar-refractivity contribution in [3.05, 3.63) is 87.7 Å². The van der Waals surface area contributed by atoms with Gasteiger partial charge in [-0.2, -0.15) is 0 Å². The summed E-state index contributed by atoms with van der Waals surface area (Å²) in [4.78, 5) is 13.3. The molecule has 0 fully saturated rings.